The number of amides is 2. The van der Waals surface area contributed by atoms with E-state index in [1.54, 1.807) is 13.2 Å². The number of carbonyl (C=O) groups is 2. The summed E-state index contributed by atoms with van der Waals surface area (Å²) >= 11 is 6.05. The third-order valence-electron chi connectivity index (χ3n) is 3.25. The fourth-order valence-electron chi connectivity index (χ4n) is 1.98. The number of carbonyl (C=O) groups excluding carboxylic acids is 2. The zero-order chi connectivity index (χ0) is 17.4. The number of pyridine rings is 1. The summed E-state index contributed by atoms with van der Waals surface area (Å²) in [5, 5.41) is 6.02. The zero-order valence-corrected chi connectivity index (χ0v) is 14.0. The predicted molar refractivity (Wildman–Crippen MR) is 91.1 cm³/mol. The molecule has 0 aliphatic heterocycles. The van der Waals surface area contributed by atoms with Crippen LogP contribution in [0.2, 0.25) is 5.02 Å². The van der Waals surface area contributed by atoms with E-state index in [0.29, 0.717) is 35.8 Å². The van der Waals surface area contributed by atoms with Crippen molar-refractivity contribution in [1.29, 1.82) is 0 Å². The third-order valence-corrected chi connectivity index (χ3v) is 3.62. The first-order valence-corrected chi connectivity index (χ1v) is 7.73. The summed E-state index contributed by atoms with van der Waals surface area (Å²) in [6.07, 6.45) is 2.82. The van der Waals surface area contributed by atoms with Crippen molar-refractivity contribution in [3.63, 3.8) is 0 Å². The topological polar surface area (TPSA) is 80.3 Å². The van der Waals surface area contributed by atoms with E-state index in [0.717, 1.165) is 5.56 Å². The van der Waals surface area contributed by atoms with Gasteiger partial charge in [0.25, 0.3) is 11.8 Å². The summed E-state index contributed by atoms with van der Waals surface area (Å²) < 4.78 is 4.87. The molecule has 1 aromatic carbocycles. The molecule has 0 unspecified atom stereocenters. The number of hydrogen-bond donors (Lipinski definition) is 2. The van der Waals surface area contributed by atoms with E-state index < -0.39 is 0 Å². The van der Waals surface area contributed by atoms with Crippen LogP contribution in [-0.2, 0) is 11.3 Å². The van der Waals surface area contributed by atoms with Crippen LogP contribution in [0.3, 0.4) is 0 Å². The van der Waals surface area contributed by atoms with Crippen molar-refractivity contribution >= 4 is 23.4 Å². The average Bonchev–Trinajstić information content (AvgIpc) is 2.61. The molecule has 24 heavy (non-hydrogen) atoms. The number of rotatable bonds is 7. The molecule has 2 aromatic rings. The lowest BCUT2D eigenvalue weighted by Gasteiger charge is -2.08. The van der Waals surface area contributed by atoms with Crippen molar-refractivity contribution in [1.82, 2.24) is 15.6 Å². The van der Waals surface area contributed by atoms with E-state index in [9.17, 15) is 9.59 Å². The Kier molecular flexibility index (Phi) is 6.72. The van der Waals surface area contributed by atoms with Crippen molar-refractivity contribution in [3.8, 4) is 0 Å². The van der Waals surface area contributed by atoms with Gasteiger partial charge in [-0.05, 0) is 17.7 Å². The van der Waals surface area contributed by atoms with Crippen molar-refractivity contribution in [2.75, 3.05) is 20.3 Å². The second-order valence-electron chi connectivity index (χ2n) is 4.99. The van der Waals surface area contributed by atoms with Crippen LogP contribution in [0.1, 0.15) is 26.3 Å². The molecule has 2 N–H and O–H groups in total. The summed E-state index contributed by atoms with van der Waals surface area (Å²) in [6, 6.07) is 8.76. The van der Waals surface area contributed by atoms with E-state index in [2.05, 4.69) is 15.6 Å². The van der Waals surface area contributed by atoms with Crippen LogP contribution < -0.4 is 10.6 Å². The normalized spacial score (nSPS) is 10.2. The number of hydrogen-bond acceptors (Lipinski definition) is 4. The number of ether oxygens (including phenoxy) is 1. The van der Waals surface area contributed by atoms with Crippen LogP contribution in [0.4, 0.5) is 0 Å². The van der Waals surface area contributed by atoms with Gasteiger partial charge < -0.3 is 15.4 Å². The lowest BCUT2D eigenvalue weighted by Crippen LogP contribution is -2.28. The predicted octanol–water partition coefficient (Wildman–Crippen LogP) is 2.04. The lowest BCUT2D eigenvalue weighted by atomic mass is 10.1. The molecule has 1 heterocycles. The van der Waals surface area contributed by atoms with Gasteiger partial charge in [0, 0.05) is 37.6 Å². The molecular weight excluding hydrogens is 330 g/mol. The SMILES string of the molecule is COCCNC(=O)c1cncc(C(=O)NCc2ccccc2Cl)c1. The largest absolute Gasteiger partial charge is 0.383 e. The van der Waals surface area contributed by atoms with Gasteiger partial charge in [0.15, 0.2) is 0 Å². The Labute approximate surface area is 145 Å². The molecule has 0 saturated carbocycles. The smallest absolute Gasteiger partial charge is 0.253 e. The molecule has 0 bridgehead atoms. The summed E-state index contributed by atoms with van der Waals surface area (Å²) in [7, 11) is 1.55. The fourth-order valence-corrected chi connectivity index (χ4v) is 2.18. The maximum Gasteiger partial charge on any atom is 0.253 e. The number of halogens is 1. The highest BCUT2D eigenvalue weighted by Crippen LogP contribution is 2.14. The van der Waals surface area contributed by atoms with Gasteiger partial charge in [-0.15, -0.1) is 0 Å². The Bertz CT molecular complexity index is 722. The van der Waals surface area contributed by atoms with E-state index in [4.69, 9.17) is 16.3 Å². The van der Waals surface area contributed by atoms with Gasteiger partial charge >= 0.3 is 0 Å². The van der Waals surface area contributed by atoms with Crippen molar-refractivity contribution in [2.24, 2.45) is 0 Å². The van der Waals surface area contributed by atoms with Gasteiger partial charge in [-0.1, -0.05) is 29.8 Å². The quantitative estimate of drug-likeness (QED) is 0.751. The Morgan fingerprint density at radius 3 is 2.46 bits per heavy atom. The number of nitrogens with zero attached hydrogens (tertiary/aromatic N) is 1. The lowest BCUT2D eigenvalue weighted by molar-refractivity contribution is 0.0936. The maximum atomic E-state index is 12.2. The standard InChI is InChI=1S/C17H18ClN3O3/c1-24-7-6-20-16(22)13-8-14(10-19-9-13)17(23)21-11-12-4-2-3-5-15(12)18/h2-5,8-10H,6-7,11H2,1H3,(H,20,22)(H,21,23). The van der Waals surface area contributed by atoms with E-state index in [1.807, 2.05) is 18.2 Å². The van der Waals surface area contributed by atoms with Crippen LogP contribution in [0.25, 0.3) is 0 Å². The molecular formula is C17H18ClN3O3. The van der Waals surface area contributed by atoms with Crippen molar-refractivity contribution in [3.05, 3.63) is 64.4 Å². The average molecular weight is 348 g/mol. The number of aromatic nitrogens is 1. The second kappa shape index (κ2) is 9.00. The van der Waals surface area contributed by atoms with E-state index >= 15 is 0 Å². The molecule has 6 nitrogen and oxygen atoms in total. The molecule has 0 aliphatic carbocycles. The van der Waals surface area contributed by atoms with Gasteiger partial charge in [0.05, 0.1) is 17.7 Å². The third kappa shape index (κ3) is 5.04. The van der Waals surface area contributed by atoms with Gasteiger partial charge in [-0.3, -0.25) is 14.6 Å². The molecule has 2 amide bonds. The monoisotopic (exact) mass is 347 g/mol. The minimum absolute atomic E-state index is 0.294. The molecule has 0 spiro atoms. The highest BCUT2D eigenvalue weighted by molar-refractivity contribution is 6.31. The fraction of sp³-hybridized carbons (Fsp3) is 0.235. The van der Waals surface area contributed by atoms with E-state index in [1.165, 1.54) is 18.5 Å². The molecule has 126 valence electrons. The van der Waals surface area contributed by atoms with E-state index in [-0.39, 0.29) is 11.8 Å². The summed E-state index contributed by atoms with van der Waals surface area (Å²) in [6.45, 7) is 1.10. The van der Waals surface area contributed by atoms with Gasteiger partial charge in [-0.2, -0.15) is 0 Å². The molecule has 0 saturated heterocycles. The first-order valence-electron chi connectivity index (χ1n) is 7.35. The maximum absolute atomic E-state index is 12.2. The second-order valence-corrected chi connectivity index (χ2v) is 5.39. The minimum atomic E-state index is -0.325. The highest BCUT2D eigenvalue weighted by Gasteiger charge is 2.11. The van der Waals surface area contributed by atoms with Crippen LogP contribution >= 0.6 is 11.6 Å². The summed E-state index contributed by atoms with van der Waals surface area (Å²) in [5.41, 5.74) is 1.44. The number of nitrogens with one attached hydrogen (secondary N) is 2. The molecule has 0 atom stereocenters. The van der Waals surface area contributed by atoms with Gasteiger partial charge in [0.1, 0.15) is 0 Å². The Hall–Kier alpha value is -2.44. The molecule has 2 rings (SSSR count). The van der Waals surface area contributed by atoms with Gasteiger partial charge in [0.2, 0.25) is 0 Å². The van der Waals surface area contributed by atoms with Gasteiger partial charge in [-0.25, -0.2) is 0 Å². The first kappa shape index (κ1) is 17.9. The highest BCUT2D eigenvalue weighted by atomic mass is 35.5. The molecule has 0 radical (unpaired) electrons. The Morgan fingerprint density at radius 1 is 1.12 bits per heavy atom. The number of benzene rings is 1. The zero-order valence-electron chi connectivity index (χ0n) is 13.2. The summed E-state index contributed by atoms with van der Waals surface area (Å²) in [5.74, 6) is -0.630. The molecule has 0 fully saturated rings. The minimum Gasteiger partial charge on any atom is -0.383 e. The van der Waals surface area contributed by atoms with Crippen molar-refractivity contribution in [2.45, 2.75) is 6.54 Å². The van der Waals surface area contributed by atoms with Crippen molar-refractivity contribution < 1.29 is 14.3 Å². The first-order chi connectivity index (χ1) is 11.6. The van der Waals surface area contributed by atoms with Crippen LogP contribution in [-0.4, -0.2) is 37.1 Å². The van der Waals surface area contributed by atoms with Crippen LogP contribution in [0, 0.1) is 0 Å². The molecule has 0 aliphatic rings. The Balaban J connectivity index is 1.98. The molecule has 1 aromatic heterocycles. The molecule has 7 heteroatoms. The number of methoxy groups -OCH3 is 1. The summed E-state index contributed by atoms with van der Waals surface area (Å²) in [4.78, 5) is 28.1. The Morgan fingerprint density at radius 2 is 1.79 bits per heavy atom. The van der Waals surface area contributed by atoms with Crippen LogP contribution in [0.15, 0.2) is 42.7 Å². The van der Waals surface area contributed by atoms with Crippen LogP contribution in [0.5, 0.6) is 0 Å².